The highest BCUT2D eigenvalue weighted by molar-refractivity contribution is 7.11. The zero-order valence-corrected chi connectivity index (χ0v) is 14.1. The minimum absolute atomic E-state index is 0.0468. The number of hydrogen-bond donors (Lipinski definition) is 1. The normalized spacial score (nSPS) is 12.6. The number of halogens is 2. The fourth-order valence-electron chi connectivity index (χ4n) is 2.38. The molecule has 1 atom stereocenters. The number of nitrogens with one attached hydrogen (secondary N) is 1. The van der Waals surface area contributed by atoms with Gasteiger partial charge < -0.3 is 5.32 Å². The summed E-state index contributed by atoms with van der Waals surface area (Å²) in [4.78, 5) is 5.65. The predicted octanol–water partition coefficient (Wildman–Crippen LogP) is 4.84. The van der Waals surface area contributed by atoms with Crippen LogP contribution in [-0.4, -0.2) is 11.5 Å². The van der Waals surface area contributed by atoms with Crippen molar-refractivity contribution >= 4 is 22.9 Å². The second-order valence-electron chi connectivity index (χ2n) is 5.09. The van der Waals surface area contributed by atoms with Crippen molar-refractivity contribution in [3.8, 4) is 0 Å². The first-order valence-electron chi connectivity index (χ1n) is 7.13. The molecule has 114 valence electrons. The highest BCUT2D eigenvalue weighted by atomic mass is 35.5. The second-order valence-corrected chi connectivity index (χ2v) is 6.74. The van der Waals surface area contributed by atoms with E-state index in [9.17, 15) is 4.39 Å². The van der Waals surface area contributed by atoms with E-state index in [1.165, 1.54) is 10.9 Å². The van der Waals surface area contributed by atoms with Crippen LogP contribution in [0.15, 0.2) is 18.2 Å². The average Bonchev–Trinajstić information content (AvgIpc) is 2.76. The maximum absolute atomic E-state index is 14.0. The van der Waals surface area contributed by atoms with Gasteiger partial charge in [-0.1, -0.05) is 24.6 Å². The van der Waals surface area contributed by atoms with Crippen LogP contribution in [0.3, 0.4) is 0 Å². The molecule has 1 unspecified atom stereocenters. The van der Waals surface area contributed by atoms with Gasteiger partial charge in [-0.3, -0.25) is 0 Å². The number of hydrogen-bond acceptors (Lipinski definition) is 3. The maximum atomic E-state index is 14.0. The van der Waals surface area contributed by atoms with Gasteiger partial charge in [0.15, 0.2) is 0 Å². The lowest BCUT2D eigenvalue weighted by atomic mass is 10.0. The van der Waals surface area contributed by atoms with Gasteiger partial charge in [0, 0.05) is 21.5 Å². The SMILES string of the molecule is CCCNC(Cc1c(F)cccc1Cl)c1sc(C)nc1C. The van der Waals surface area contributed by atoms with E-state index < -0.39 is 0 Å². The van der Waals surface area contributed by atoms with Crippen molar-refractivity contribution in [2.45, 2.75) is 39.7 Å². The van der Waals surface area contributed by atoms with Gasteiger partial charge in [0.25, 0.3) is 0 Å². The van der Waals surface area contributed by atoms with Crippen LogP contribution in [0.25, 0.3) is 0 Å². The minimum atomic E-state index is -0.246. The molecule has 0 saturated carbocycles. The average molecular weight is 327 g/mol. The number of rotatable bonds is 6. The zero-order chi connectivity index (χ0) is 15.4. The van der Waals surface area contributed by atoms with E-state index in [0.717, 1.165) is 23.7 Å². The molecule has 0 aliphatic rings. The summed E-state index contributed by atoms with van der Waals surface area (Å²) in [5.74, 6) is -0.246. The van der Waals surface area contributed by atoms with Crippen LogP contribution in [0.4, 0.5) is 4.39 Å². The number of aryl methyl sites for hydroxylation is 2. The van der Waals surface area contributed by atoms with E-state index in [1.807, 2.05) is 13.8 Å². The van der Waals surface area contributed by atoms with Gasteiger partial charge in [0.1, 0.15) is 5.82 Å². The summed E-state index contributed by atoms with van der Waals surface area (Å²) in [6.07, 6.45) is 1.56. The molecule has 0 radical (unpaired) electrons. The lowest BCUT2D eigenvalue weighted by molar-refractivity contribution is 0.517. The Labute approximate surface area is 134 Å². The number of benzene rings is 1. The molecule has 1 aromatic carbocycles. The van der Waals surface area contributed by atoms with Crippen molar-refractivity contribution in [1.82, 2.24) is 10.3 Å². The van der Waals surface area contributed by atoms with E-state index in [2.05, 4.69) is 17.2 Å². The Bertz CT molecular complexity index is 592. The number of nitrogens with zero attached hydrogens (tertiary/aromatic N) is 1. The number of aromatic nitrogens is 1. The molecule has 2 aromatic rings. The lowest BCUT2D eigenvalue weighted by Gasteiger charge is -2.19. The Morgan fingerprint density at radius 1 is 1.38 bits per heavy atom. The van der Waals surface area contributed by atoms with Crippen LogP contribution < -0.4 is 5.32 Å². The Hall–Kier alpha value is -0.970. The summed E-state index contributed by atoms with van der Waals surface area (Å²) in [7, 11) is 0. The largest absolute Gasteiger partial charge is 0.309 e. The first kappa shape index (κ1) is 16.4. The van der Waals surface area contributed by atoms with Gasteiger partial charge in [-0.25, -0.2) is 9.37 Å². The third-order valence-corrected chi connectivity index (χ3v) is 4.91. The van der Waals surface area contributed by atoms with Crippen molar-refractivity contribution in [2.24, 2.45) is 0 Å². The van der Waals surface area contributed by atoms with E-state index >= 15 is 0 Å². The summed E-state index contributed by atoms with van der Waals surface area (Å²) in [6.45, 7) is 6.99. The van der Waals surface area contributed by atoms with Gasteiger partial charge in [-0.15, -0.1) is 11.3 Å². The van der Waals surface area contributed by atoms with Gasteiger partial charge in [0.2, 0.25) is 0 Å². The molecule has 21 heavy (non-hydrogen) atoms. The third-order valence-electron chi connectivity index (χ3n) is 3.37. The quantitative estimate of drug-likeness (QED) is 0.822. The van der Waals surface area contributed by atoms with Gasteiger partial charge in [-0.05, 0) is 45.4 Å². The van der Waals surface area contributed by atoms with Crippen LogP contribution in [0.1, 0.15) is 40.5 Å². The molecular weight excluding hydrogens is 307 g/mol. The van der Waals surface area contributed by atoms with E-state index in [1.54, 1.807) is 23.5 Å². The zero-order valence-electron chi connectivity index (χ0n) is 12.5. The molecule has 0 saturated heterocycles. The van der Waals surface area contributed by atoms with E-state index in [-0.39, 0.29) is 11.9 Å². The van der Waals surface area contributed by atoms with Gasteiger partial charge in [0.05, 0.1) is 10.7 Å². The predicted molar refractivity (Wildman–Crippen MR) is 87.7 cm³/mol. The first-order valence-corrected chi connectivity index (χ1v) is 8.32. The molecule has 2 rings (SSSR count). The molecule has 0 bridgehead atoms. The van der Waals surface area contributed by atoms with Crippen molar-refractivity contribution in [1.29, 1.82) is 0 Å². The molecule has 0 aliphatic carbocycles. The monoisotopic (exact) mass is 326 g/mol. The van der Waals surface area contributed by atoms with Crippen molar-refractivity contribution in [2.75, 3.05) is 6.54 Å². The van der Waals surface area contributed by atoms with Crippen LogP contribution in [0, 0.1) is 19.7 Å². The Kier molecular flexibility index (Phi) is 5.73. The molecular formula is C16H20ClFN2S. The van der Waals surface area contributed by atoms with Gasteiger partial charge >= 0.3 is 0 Å². The molecule has 0 fully saturated rings. The minimum Gasteiger partial charge on any atom is -0.309 e. The van der Waals surface area contributed by atoms with E-state index in [0.29, 0.717) is 17.0 Å². The lowest BCUT2D eigenvalue weighted by Crippen LogP contribution is -2.24. The molecule has 1 aromatic heterocycles. The van der Waals surface area contributed by atoms with Crippen LogP contribution >= 0.6 is 22.9 Å². The van der Waals surface area contributed by atoms with Crippen molar-refractivity contribution < 1.29 is 4.39 Å². The topological polar surface area (TPSA) is 24.9 Å². The summed E-state index contributed by atoms with van der Waals surface area (Å²) in [5, 5.41) is 5.00. The smallest absolute Gasteiger partial charge is 0.127 e. The van der Waals surface area contributed by atoms with Crippen LogP contribution in [0.2, 0.25) is 5.02 Å². The molecule has 0 aliphatic heterocycles. The molecule has 0 spiro atoms. The van der Waals surface area contributed by atoms with E-state index in [4.69, 9.17) is 11.6 Å². The summed E-state index contributed by atoms with van der Waals surface area (Å²) >= 11 is 7.82. The highest BCUT2D eigenvalue weighted by Gasteiger charge is 2.20. The Balaban J connectivity index is 2.30. The molecule has 5 heteroatoms. The molecule has 2 nitrogen and oxygen atoms in total. The summed E-state index contributed by atoms with van der Waals surface area (Å²) in [6, 6.07) is 4.88. The highest BCUT2D eigenvalue weighted by Crippen LogP contribution is 2.30. The fraction of sp³-hybridized carbons (Fsp3) is 0.438. The van der Waals surface area contributed by atoms with Crippen LogP contribution in [-0.2, 0) is 6.42 Å². The Morgan fingerprint density at radius 3 is 2.71 bits per heavy atom. The first-order chi connectivity index (χ1) is 10.0. The van der Waals surface area contributed by atoms with Crippen LogP contribution in [0.5, 0.6) is 0 Å². The third kappa shape index (κ3) is 4.02. The fourth-order valence-corrected chi connectivity index (χ4v) is 3.62. The molecule has 1 heterocycles. The van der Waals surface area contributed by atoms with Crippen molar-refractivity contribution in [3.05, 3.63) is 50.2 Å². The molecule has 1 N–H and O–H groups in total. The standard InChI is InChI=1S/C16H20ClFN2S/c1-4-8-19-15(16-10(2)20-11(3)21-16)9-12-13(17)6-5-7-14(12)18/h5-7,15,19H,4,8-9H2,1-3H3. The number of thiazole rings is 1. The maximum Gasteiger partial charge on any atom is 0.127 e. The second kappa shape index (κ2) is 7.34. The summed E-state index contributed by atoms with van der Waals surface area (Å²) < 4.78 is 14.0. The van der Waals surface area contributed by atoms with Gasteiger partial charge in [-0.2, -0.15) is 0 Å². The van der Waals surface area contributed by atoms with Crippen molar-refractivity contribution in [3.63, 3.8) is 0 Å². The Morgan fingerprint density at radius 2 is 2.14 bits per heavy atom. The molecule has 0 amide bonds. The summed E-state index contributed by atoms with van der Waals surface area (Å²) in [5.41, 5.74) is 1.58.